The molecule has 3 heterocycles. The van der Waals surface area contributed by atoms with Crippen molar-refractivity contribution in [1.82, 2.24) is 15.2 Å². The third-order valence-electron chi connectivity index (χ3n) is 6.49. The van der Waals surface area contributed by atoms with E-state index < -0.39 is 11.9 Å². The number of hydrazine groups is 1. The van der Waals surface area contributed by atoms with E-state index in [1.807, 2.05) is 58.9 Å². The Hall–Kier alpha value is -2.91. The summed E-state index contributed by atoms with van der Waals surface area (Å²) in [5.74, 6) is 6.23. The molecule has 1 aromatic carbocycles. The predicted molar refractivity (Wildman–Crippen MR) is 142 cm³/mol. The predicted octanol–water partition coefficient (Wildman–Crippen LogP) is 4.17. The third-order valence-corrected chi connectivity index (χ3v) is 6.79. The molecule has 9 nitrogen and oxygen atoms in total. The van der Waals surface area contributed by atoms with E-state index in [0.29, 0.717) is 23.7 Å². The van der Waals surface area contributed by atoms with Crippen molar-refractivity contribution in [3.05, 3.63) is 46.6 Å². The minimum absolute atomic E-state index is 0.0193. The van der Waals surface area contributed by atoms with Crippen LogP contribution in [0.25, 0.3) is 0 Å². The van der Waals surface area contributed by atoms with Gasteiger partial charge in [0.1, 0.15) is 5.60 Å². The third kappa shape index (κ3) is 5.57. The van der Waals surface area contributed by atoms with Gasteiger partial charge in [-0.1, -0.05) is 17.7 Å². The zero-order valence-electron chi connectivity index (χ0n) is 21.7. The molecular formula is C26H37ClN6O3. The van der Waals surface area contributed by atoms with Crippen molar-refractivity contribution < 1.29 is 14.3 Å². The van der Waals surface area contributed by atoms with Crippen LogP contribution in [0, 0.1) is 0 Å². The summed E-state index contributed by atoms with van der Waals surface area (Å²) in [6.45, 7) is 10.5. The number of fused-ring (bicyclic) bond motifs is 1. The number of rotatable bonds is 3. The van der Waals surface area contributed by atoms with E-state index in [4.69, 9.17) is 22.2 Å². The zero-order chi connectivity index (χ0) is 26.2. The van der Waals surface area contributed by atoms with Crippen molar-refractivity contribution in [3.63, 3.8) is 0 Å². The number of nitrogens with one attached hydrogen (secondary N) is 2. The van der Waals surface area contributed by atoms with Crippen LogP contribution in [0.2, 0.25) is 5.02 Å². The van der Waals surface area contributed by atoms with Gasteiger partial charge in [-0.3, -0.25) is 4.79 Å². The molecule has 1 aromatic rings. The Kier molecular flexibility index (Phi) is 7.43. The molecule has 0 aromatic heterocycles. The molecule has 4 rings (SSSR count). The van der Waals surface area contributed by atoms with Gasteiger partial charge in [0.15, 0.2) is 6.29 Å². The molecule has 1 saturated heterocycles. The highest BCUT2D eigenvalue weighted by atomic mass is 35.5. The standard InChI is InChI=1S/C26H37ClN6O3/c1-16-13-18(14-17(2)29-16)23(34)33(28)24-30-21-11-8-10-20(27)22(21)32(24)19-9-6-7-12-31(15-19)25(35)36-26(3,4)5/h8,10-11,13-14,16,19,24,29-30H,6-7,9,12,15,28H2,1-5H3/t16?,19-,24?/m1/s1. The second-order valence-corrected chi connectivity index (χ2v) is 11.1. The summed E-state index contributed by atoms with van der Waals surface area (Å²) in [7, 11) is 0. The van der Waals surface area contributed by atoms with Crippen molar-refractivity contribution in [2.45, 2.75) is 77.9 Å². The first-order chi connectivity index (χ1) is 16.9. The molecule has 3 aliphatic rings. The van der Waals surface area contributed by atoms with Crippen LogP contribution < -0.4 is 21.4 Å². The molecule has 3 aliphatic heterocycles. The molecule has 0 saturated carbocycles. The number of likely N-dealkylation sites (tertiary alicyclic amines) is 1. The van der Waals surface area contributed by atoms with E-state index >= 15 is 0 Å². The highest BCUT2D eigenvalue weighted by Gasteiger charge is 2.42. The Morgan fingerprint density at radius 2 is 1.97 bits per heavy atom. The van der Waals surface area contributed by atoms with Gasteiger partial charge in [-0.15, -0.1) is 0 Å². The second kappa shape index (κ2) is 10.2. The van der Waals surface area contributed by atoms with Crippen molar-refractivity contribution in [3.8, 4) is 0 Å². The largest absolute Gasteiger partial charge is 0.444 e. The van der Waals surface area contributed by atoms with Gasteiger partial charge in [-0.25, -0.2) is 15.6 Å². The first-order valence-electron chi connectivity index (χ1n) is 12.5. The molecule has 2 amide bonds. The van der Waals surface area contributed by atoms with Gasteiger partial charge >= 0.3 is 6.09 Å². The number of nitrogens with two attached hydrogens (primary N) is 1. The molecular weight excluding hydrogens is 480 g/mol. The summed E-state index contributed by atoms with van der Waals surface area (Å²) in [5.41, 5.74) is 2.42. The first kappa shape index (κ1) is 26.2. The molecule has 10 heteroatoms. The molecule has 36 heavy (non-hydrogen) atoms. The highest BCUT2D eigenvalue weighted by Crippen LogP contribution is 2.43. The van der Waals surface area contributed by atoms with Crippen LogP contribution in [0.5, 0.6) is 0 Å². The lowest BCUT2D eigenvalue weighted by Crippen LogP contribution is -2.60. The Balaban J connectivity index is 1.65. The highest BCUT2D eigenvalue weighted by molar-refractivity contribution is 6.34. The summed E-state index contributed by atoms with van der Waals surface area (Å²) in [6.07, 6.45) is 5.25. The Labute approximate surface area is 218 Å². The zero-order valence-corrected chi connectivity index (χ0v) is 22.4. The van der Waals surface area contributed by atoms with Crippen molar-refractivity contribution in [2.75, 3.05) is 23.3 Å². The van der Waals surface area contributed by atoms with Crippen LogP contribution in [-0.4, -0.2) is 59.0 Å². The molecule has 0 bridgehead atoms. The number of ether oxygens (including phenoxy) is 1. The molecule has 3 atom stereocenters. The Morgan fingerprint density at radius 1 is 1.22 bits per heavy atom. The number of carbonyl (C=O) groups excluding carboxylic acids is 2. The van der Waals surface area contributed by atoms with Gasteiger partial charge in [0.25, 0.3) is 5.91 Å². The monoisotopic (exact) mass is 516 g/mol. The summed E-state index contributed by atoms with van der Waals surface area (Å²) < 4.78 is 5.67. The fourth-order valence-corrected chi connectivity index (χ4v) is 5.31. The topological polar surface area (TPSA) is 103 Å². The number of hydrogen-bond donors (Lipinski definition) is 3. The van der Waals surface area contributed by atoms with Gasteiger partial charge in [0.05, 0.1) is 22.4 Å². The maximum Gasteiger partial charge on any atom is 0.410 e. The van der Waals surface area contributed by atoms with Gasteiger partial charge in [0, 0.05) is 30.4 Å². The lowest BCUT2D eigenvalue weighted by atomic mass is 10.1. The molecule has 0 aliphatic carbocycles. The number of benzene rings is 1. The Morgan fingerprint density at radius 3 is 2.67 bits per heavy atom. The fraction of sp³-hybridized carbons (Fsp3) is 0.538. The first-order valence-corrected chi connectivity index (χ1v) is 12.9. The molecule has 0 spiro atoms. The van der Waals surface area contributed by atoms with Crippen LogP contribution in [-0.2, 0) is 9.53 Å². The normalized spacial score (nSPS) is 24.0. The number of halogens is 1. The average Bonchev–Trinajstić information content (AvgIpc) is 3.00. The number of para-hydroxylation sites is 1. The number of hydrogen-bond acceptors (Lipinski definition) is 7. The van der Waals surface area contributed by atoms with Crippen LogP contribution in [0.15, 0.2) is 41.6 Å². The van der Waals surface area contributed by atoms with Crippen molar-refractivity contribution in [1.29, 1.82) is 0 Å². The Bertz CT molecular complexity index is 1080. The van der Waals surface area contributed by atoms with Crippen molar-refractivity contribution >= 4 is 35.0 Å². The van der Waals surface area contributed by atoms with Gasteiger partial charge < -0.3 is 25.2 Å². The second-order valence-electron chi connectivity index (χ2n) is 10.7. The van der Waals surface area contributed by atoms with E-state index in [2.05, 4.69) is 15.5 Å². The van der Waals surface area contributed by atoms with Gasteiger partial charge in [-0.2, -0.15) is 0 Å². The van der Waals surface area contributed by atoms with Gasteiger partial charge in [-0.05, 0) is 78.2 Å². The maximum absolute atomic E-state index is 13.5. The summed E-state index contributed by atoms with van der Waals surface area (Å²) in [6, 6.07) is 5.50. The average molecular weight is 517 g/mol. The van der Waals surface area contributed by atoms with Crippen LogP contribution >= 0.6 is 11.6 Å². The van der Waals surface area contributed by atoms with E-state index in [-0.39, 0.29) is 24.1 Å². The summed E-state index contributed by atoms with van der Waals surface area (Å²) in [5, 5.41) is 8.45. The number of allylic oxidation sites excluding steroid dienone is 1. The van der Waals surface area contributed by atoms with E-state index in [1.165, 1.54) is 5.01 Å². The molecule has 2 unspecified atom stereocenters. The molecule has 0 radical (unpaired) electrons. The van der Waals surface area contributed by atoms with Crippen LogP contribution in [0.4, 0.5) is 16.2 Å². The number of carbonyl (C=O) groups is 2. The summed E-state index contributed by atoms with van der Waals surface area (Å²) >= 11 is 6.69. The fourth-order valence-electron chi connectivity index (χ4n) is 5.04. The lowest BCUT2D eigenvalue weighted by Gasteiger charge is -2.40. The van der Waals surface area contributed by atoms with E-state index in [0.717, 1.165) is 36.3 Å². The van der Waals surface area contributed by atoms with Crippen molar-refractivity contribution in [2.24, 2.45) is 5.84 Å². The summed E-state index contributed by atoms with van der Waals surface area (Å²) in [4.78, 5) is 30.3. The molecule has 196 valence electrons. The minimum Gasteiger partial charge on any atom is -0.444 e. The number of amides is 2. The number of anilines is 2. The van der Waals surface area contributed by atoms with Crippen LogP contribution in [0.3, 0.4) is 0 Å². The lowest BCUT2D eigenvalue weighted by molar-refractivity contribution is -0.129. The van der Waals surface area contributed by atoms with Gasteiger partial charge in [0.2, 0.25) is 0 Å². The smallest absolute Gasteiger partial charge is 0.410 e. The van der Waals surface area contributed by atoms with E-state index in [9.17, 15) is 9.59 Å². The number of dihydropyridines is 1. The van der Waals surface area contributed by atoms with Crippen LogP contribution in [0.1, 0.15) is 53.9 Å². The molecule has 1 fully saturated rings. The molecule has 4 N–H and O–H groups in total. The SMILES string of the molecule is CC1=CC(C(=O)N(N)C2Nc3cccc(Cl)c3N2[C@@H]2CCCCN(C(=O)OC(C)(C)C)C2)=CC(C)N1. The minimum atomic E-state index is -0.671. The number of nitrogens with zero attached hydrogens (tertiary/aromatic N) is 3. The van der Waals surface area contributed by atoms with E-state index in [1.54, 1.807) is 11.0 Å². The maximum atomic E-state index is 13.5. The quantitative estimate of drug-likeness (QED) is 0.315.